The third kappa shape index (κ3) is 3.07. The highest BCUT2D eigenvalue weighted by Crippen LogP contribution is 2.18. The van der Waals surface area contributed by atoms with Crippen molar-refractivity contribution in [1.29, 1.82) is 0 Å². The van der Waals surface area contributed by atoms with E-state index in [2.05, 4.69) is 9.69 Å². The smallest absolute Gasteiger partial charge is 0.244 e. The molecule has 0 radical (unpaired) electrons. The van der Waals surface area contributed by atoms with Crippen molar-refractivity contribution in [3.63, 3.8) is 0 Å². The van der Waals surface area contributed by atoms with Crippen molar-refractivity contribution in [3.05, 3.63) is 6.07 Å². The third-order valence-electron chi connectivity index (χ3n) is 2.58. The van der Waals surface area contributed by atoms with Crippen molar-refractivity contribution >= 4 is 28.3 Å². The number of anilines is 2. The van der Waals surface area contributed by atoms with Crippen LogP contribution in [0.1, 0.15) is 6.92 Å². The number of morpholine rings is 1. The minimum absolute atomic E-state index is 0.0836. The first-order valence-electron chi connectivity index (χ1n) is 5.52. The second-order valence-corrected chi connectivity index (χ2v) is 4.72. The van der Waals surface area contributed by atoms with Gasteiger partial charge in [-0.2, -0.15) is 4.37 Å². The van der Waals surface area contributed by atoms with Gasteiger partial charge in [0, 0.05) is 19.2 Å². The second-order valence-electron chi connectivity index (χ2n) is 3.92. The van der Waals surface area contributed by atoms with E-state index in [0.29, 0.717) is 32.1 Å². The van der Waals surface area contributed by atoms with Crippen LogP contribution in [0.25, 0.3) is 0 Å². The fourth-order valence-corrected chi connectivity index (χ4v) is 2.35. The molecule has 0 spiro atoms. The number of carbonyl (C=O) groups excluding carboxylic acids is 1. The highest BCUT2D eigenvalue weighted by atomic mass is 32.1. The first-order valence-corrected chi connectivity index (χ1v) is 6.29. The van der Waals surface area contributed by atoms with Crippen molar-refractivity contribution in [3.8, 4) is 0 Å². The van der Waals surface area contributed by atoms with Gasteiger partial charge in [-0.3, -0.25) is 4.79 Å². The molecule has 0 saturated carbocycles. The molecule has 7 heteroatoms. The predicted octanol–water partition coefficient (Wildman–Crippen LogP) is 0.384. The van der Waals surface area contributed by atoms with Crippen LogP contribution in [0.5, 0.6) is 0 Å². The summed E-state index contributed by atoms with van der Waals surface area (Å²) < 4.78 is 9.17. The highest BCUT2D eigenvalue weighted by Gasteiger charge is 2.22. The normalized spacial score (nSPS) is 17.8. The maximum atomic E-state index is 12.1. The molecule has 1 fully saturated rings. The van der Waals surface area contributed by atoms with E-state index in [9.17, 15) is 4.79 Å². The Balaban J connectivity index is 1.90. The molecule has 1 aromatic rings. The van der Waals surface area contributed by atoms with Gasteiger partial charge < -0.3 is 20.7 Å². The number of carbonyl (C=O) groups is 1. The molecule has 0 aromatic carbocycles. The average molecular weight is 256 g/mol. The minimum Gasteiger partial charge on any atom is -0.383 e. The highest BCUT2D eigenvalue weighted by molar-refractivity contribution is 7.10. The van der Waals surface area contributed by atoms with Crippen LogP contribution >= 0.6 is 11.5 Å². The average Bonchev–Trinajstić information content (AvgIpc) is 2.75. The quantitative estimate of drug-likeness (QED) is 0.817. The van der Waals surface area contributed by atoms with Gasteiger partial charge in [-0.1, -0.05) is 0 Å². The lowest BCUT2D eigenvalue weighted by Gasteiger charge is -2.29. The first kappa shape index (κ1) is 12.1. The summed E-state index contributed by atoms with van der Waals surface area (Å²) in [6, 6.07) is 1.46. The van der Waals surface area contributed by atoms with E-state index in [4.69, 9.17) is 10.5 Å². The van der Waals surface area contributed by atoms with Crippen LogP contribution in [-0.2, 0) is 9.53 Å². The number of nitrogens with zero attached hydrogens (tertiary/aromatic N) is 2. The maximum absolute atomic E-state index is 12.1. The largest absolute Gasteiger partial charge is 0.383 e. The molecule has 3 N–H and O–H groups in total. The third-order valence-corrected chi connectivity index (χ3v) is 3.31. The topological polar surface area (TPSA) is 80.5 Å². The number of hydrogen-bond acceptors (Lipinski definition) is 6. The lowest BCUT2D eigenvalue weighted by atomic mass is 10.2. The number of nitrogens with two attached hydrogens (primary N) is 1. The van der Waals surface area contributed by atoms with E-state index >= 15 is 0 Å². The van der Waals surface area contributed by atoms with Crippen LogP contribution in [0.3, 0.4) is 0 Å². The molecule has 1 saturated heterocycles. The lowest BCUT2D eigenvalue weighted by molar-refractivity contribution is -0.135. The van der Waals surface area contributed by atoms with E-state index in [1.165, 1.54) is 11.5 Å². The van der Waals surface area contributed by atoms with Crippen LogP contribution in [0, 0.1) is 0 Å². The molecule has 0 aliphatic carbocycles. The molecule has 1 unspecified atom stereocenters. The molecule has 1 atom stereocenters. The van der Waals surface area contributed by atoms with Crippen molar-refractivity contribution < 1.29 is 9.53 Å². The predicted molar refractivity (Wildman–Crippen MR) is 67.0 cm³/mol. The molecule has 1 amide bonds. The van der Waals surface area contributed by atoms with Gasteiger partial charge >= 0.3 is 0 Å². The molecule has 1 aliphatic heterocycles. The number of rotatable bonds is 3. The van der Waals surface area contributed by atoms with Crippen molar-refractivity contribution in [2.24, 2.45) is 0 Å². The van der Waals surface area contributed by atoms with E-state index in [1.807, 2.05) is 11.8 Å². The van der Waals surface area contributed by atoms with Gasteiger partial charge in [0.05, 0.1) is 13.2 Å². The zero-order valence-electron chi connectivity index (χ0n) is 9.68. The van der Waals surface area contributed by atoms with Gasteiger partial charge in [-0.05, 0) is 18.5 Å². The van der Waals surface area contributed by atoms with Crippen LogP contribution in [0.2, 0.25) is 0 Å². The van der Waals surface area contributed by atoms with E-state index in [1.54, 1.807) is 6.07 Å². The summed E-state index contributed by atoms with van der Waals surface area (Å²) in [7, 11) is 0. The number of nitrogen functional groups attached to an aromatic ring is 1. The summed E-state index contributed by atoms with van der Waals surface area (Å²) in [5, 5.41) is 3.92. The Hall–Kier alpha value is -1.34. The molecular weight excluding hydrogens is 240 g/mol. The van der Waals surface area contributed by atoms with Gasteiger partial charge in [0.1, 0.15) is 16.9 Å². The van der Waals surface area contributed by atoms with Crippen LogP contribution in [0.4, 0.5) is 10.8 Å². The molecule has 6 nitrogen and oxygen atoms in total. The molecule has 94 valence electrons. The van der Waals surface area contributed by atoms with Crippen molar-refractivity contribution in [1.82, 2.24) is 9.27 Å². The summed E-state index contributed by atoms with van der Waals surface area (Å²) in [5.74, 6) is 0.559. The van der Waals surface area contributed by atoms with Crippen LogP contribution in [0.15, 0.2) is 6.07 Å². The summed E-state index contributed by atoms with van der Waals surface area (Å²) in [4.78, 5) is 13.9. The van der Waals surface area contributed by atoms with E-state index in [-0.39, 0.29) is 11.9 Å². The minimum atomic E-state index is -0.270. The first-order chi connectivity index (χ1) is 8.16. The summed E-state index contributed by atoms with van der Waals surface area (Å²) in [6.45, 7) is 4.40. The van der Waals surface area contributed by atoms with Crippen molar-refractivity contribution in [2.45, 2.75) is 13.0 Å². The Bertz CT molecular complexity index is 389. The summed E-state index contributed by atoms with van der Waals surface area (Å²) in [6.07, 6.45) is 0. The number of aromatic nitrogens is 1. The second kappa shape index (κ2) is 5.33. The van der Waals surface area contributed by atoms with Crippen LogP contribution < -0.4 is 11.1 Å². The number of nitrogens with one attached hydrogen (secondary N) is 1. The zero-order valence-corrected chi connectivity index (χ0v) is 10.5. The van der Waals surface area contributed by atoms with Crippen LogP contribution in [-0.4, -0.2) is 47.5 Å². The Morgan fingerprint density at radius 2 is 2.35 bits per heavy atom. The molecule has 2 rings (SSSR count). The van der Waals surface area contributed by atoms with E-state index < -0.39 is 0 Å². The fraction of sp³-hybridized carbons (Fsp3) is 0.600. The van der Waals surface area contributed by atoms with Gasteiger partial charge in [0.25, 0.3) is 0 Å². The summed E-state index contributed by atoms with van der Waals surface area (Å²) >= 11 is 1.26. The molecule has 17 heavy (non-hydrogen) atoms. The lowest BCUT2D eigenvalue weighted by Crippen LogP contribution is -2.46. The molecule has 1 aliphatic rings. The summed E-state index contributed by atoms with van der Waals surface area (Å²) in [5.41, 5.74) is 5.52. The van der Waals surface area contributed by atoms with Crippen molar-refractivity contribution in [2.75, 3.05) is 37.4 Å². The molecule has 0 bridgehead atoms. The van der Waals surface area contributed by atoms with Gasteiger partial charge in [-0.15, -0.1) is 0 Å². The zero-order chi connectivity index (χ0) is 12.3. The Morgan fingerprint density at radius 1 is 1.65 bits per heavy atom. The van der Waals surface area contributed by atoms with Gasteiger partial charge in [0.2, 0.25) is 5.91 Å². The number of hydrogen-bond donors (Lipinski definition) is 2. The van der Waals surface area contributed by atoms with Gasteiger partial charge in [-0.25, -0.2) is 0 Å². The Kier molecular flexibility index (Phi) is 3.80. The number of amides is 1. The fourth-order valence-electron chi connectivity index (χ4n) is 1.69. The Labute approximate surface area is 104 Å². The molecule has 2 heterocycles. The number of ether oxygens (including phenoxy) is 1. The maximum Gasteiger partial charge on any atom is 0.244 e. The standard InChI is InChI=1S/C10H16N4O2S/c1-7(12-9-6-8(11)13-17-9)10(15)14-2-4-16-5-3-14/h6-7,12H,2-5H2,1H3,(H2,11,13). The van der Waals surface area contributed by atoms with Gasteiger partial charge in [0.15, 0.2) is 0 Å². The SMILES string of the molecule is CC(Nc1cc(N)ns1)C(=O)N1CCOCC1. The van der Waals surface area contributed by atoms with E-state index in [0.717, 1.165) is 5.00 Å². The monoisotopic (exact) mass is 256 g/mol. The Morgan fingerprint density at radius 3 is 2.94 bits per heavy atom. The molecular formula is C10H16N4O2S. The molecule has 1 aromatic heterocycles.